The Bertz CT molecular complexity index is 464. The van der Waals surface area contributed by atoms with Gasteiger partial charge < -0.3 is 15.7 Å². The van der Waals surface area contributed by atoms with Crippen LogP contribution >= 0.6 is 0 Å². The summed E-state index contributed by atoms with van der Waals surface area (Å²) in [5.74, 6) is -0.507. The Morgan fingerprint density at radius 3 is 2.42 bits per heavy atom. The average molecular weight is 262 g/mol. The lowest BCUT2D eigenvalue weighted by molar-refractivity contribution is -0.136. The molecule has 102 valence electrons. The number of nitrogens with one attached hydrogen (secondary N) is 2. The third-order valence-corrected chi connectivity index (χ3v) is 2.26. The molecule has 0 saturated heterocycles. The van der Waals surface area contributed by atoms with Gasteiger partial charge in [0.15, 0.2) is 0 Å². The number of urea groups is 1. The van der Waals surface area contributed by atoms with Gasteiger partial charge in [0.05, 0.1) is 6.42 Å². The molecule has 1 rings (SSSR count). The Morgan fingerprint density at radius 2 is 1.89 bits per heavy atom. The molecule has 0 spiro atoms. The summed E-state index contributed by atoms with van der Waals surface area (Å²) in [6.45, 7) is 4.02. The van der Waals surface area contributed by atoms with Crippen molar-refractivity contribution in [2.75, 3.05) is 5.32 Å². The van der Waals surface area contributed by atoms with E-state index in [0.29, 0.717) is 17.2 Å². The zero-order valence-electron chi connectivity index (χ0n) is 11.0. The monoisotopic (exact) mass is 262 g/mol. The molecular formula is C14H18N2O3. The number of benzene rings is 1. The molecule has 2 amide bonds. The van der Waals surface area contributed by atoms with E-state index in [2.05, 4.69) is 10.6 Å². The van der Waals surface area contributed by atoms with Crippen LogP contribution in [0.4, 0.5) is 10.5 Å². The molecule has 0 fully saturated rings. The molecule has 0 radical (unpaired) electrons. The number of allylic oxidation sites excluding steroid dienone is 1. The zero-order chi connectivity index (χ0) is 14.3. The van der Waals surface area contributed by atoms with E-state index < -0.39 is 5.97 Å². The lowest BCUT2D eigenvalue weighted by atomic mass is 10.1. The number of rotatable bonds is 5. The molecule has 0 aromatic heterocycles. The van der Waals surface area contributed by atoms with Crippen LogP contribution in [0.3, 0.4) is 0 Å². The van der Waals surface area contributed by atoms with Crippen molar-refractivity contribution in [2.45, 2.75) is 20.3 Å². The van der Waals surface area contributed by atoms with Crippen molar-refractivity contribution in [3.8, 4) is 0 Å². The third kappa shape index (κ3) is 6.26. The van der Waals surface area contributed by atoms with Gasteiger partial charge in [-0.2, -0.15) is 0 Å². The van der Waals surface area contributed by atoms with Gasteiger partial charge in [0.2, 0.25) is 0 Å². The summed E-state index contributed by atoms with van der Waals surface area (Å²) < 4.78 is 0. The van der Waals surface area contributed by atoms with E-state index in [4.69, 9.17) is 5.11 Å². The maximum absolute atomic E-state index is 11.5. The number of hydrogen-bond donors (Lipinski definition) is 3. The van der Waals surface area contributed by atoms with E-state index in [-0.39, 0.29) is 12.5 Å². The Labute approximate surface area is 112 Å². The topological polar surface area (TPSA) is 78.4 Å². The first kappa shape index (κ1) is 14.8. The first-order chi connectivity index (χ1) is 8.97. The van der Waals surface area contributed by atoms with E-state index in [1.54, 1.807) is 30.5 Å². The number of carbonyl (C=O) groups excluding carboxylic acids is 1. The van der Waals surface area contributed by atoms with Gasteiger partial charge in [0.25, 0.3) is 0 Å². The van der Waals surface area contributed by atoms with Crippen LogP contribution < -0.4 is 10.6 Å². The van der Waals surface area contributed by atoms with Gasteiger partial charge in [0, 0.05) is 11.9 Å². The van der Waals surface area contributed by atoms with Crippen LogP contribution in [-0.2, 0) is 11.2 Å². The van der Waals surface area contributed by atoms with Crippen molar-refractivity contribution in [1.29, 1.82) is 0 Å². The van der Waals surface area contributed by atoms with E-state index in [9.17, 15) is 9.59 Å². The zero-order valence-corrected chi connectivity index (χ0v) is 11.0. The summed E-state index contributed by atoms with van der Waals surface area (Å²) in [5.41, 5.74) is 1.31. The van der Waals surface area contributed by atoms with Crippen molar-refractivity contribution in [3.63, 3.8) is 0 Å². The first-order valence-corrected chi connectivity index (χ1v) is 6.02. The van der Waals surface area contributed by atoms with Crippen molar-refractivity contribution >= 4 is 17.7 Å². The molecule has 0 aliphatic rings. The molecule has 0 saturated carbocycles. The second-order valence-corrected chi connectivity index (χ2v) is 4.47. The van der Waals surface area contributed by atoms with Crippen molar-refractivity contribution in [3.05, 3.63) is 42.1 Å². The maximum Gasteiger partial charge on any atom is 0.323 e. The van der Waals surface area contributed by atoms with E-state index in [0.717, 1.165) is 0 Å². The Kier molecular flexibility index (Phi) is 5.60. The highest BCUT2D eigenvalue weighted by Crippen LogP contribution is 2.09. The number of aliphatic carboxylic acids is 1. The molecule has 0 heterocycles. The highest BCUT2D eigenvalue weighted by atomic mass is 16.4. The fourth-order valence-electron chi connectivity index (χ4n) is 1.36. The molecule has 3 N–H and O–H groups in total. The van der Waals surface area contributed by atoms with Crippen LogP contribution in [0.5, 0.6) is 0 Å². The van der Waals surface area contributed by atoms with Crippen LogP contribution in [0.1, 0.15) is 19.4 Å². The number of carbonyl (C=O) groups is 2. The fourth-order valence-corrected chi connectivity index (χ4v) is 1.36. The minimum atomic E-state index is -0.878. The summed E-state index contributed by atoms with van der Waals surface area (Å²) in [6, 6.07) is 6.36. The highest BCUT2D eigenvalue weighted by Gasteiger charge is 2.02. The largest absolute Gasteiger partial charge is 0.481 e. The predicted octanol–water partition coefficient (Wildman–Crippen LogP) is 2.60. The summed E-state index contributed by atoms with van der Waals surface area (Å²) in [5, 5.41) is 13.9. The first-order valence-electron chi connectivity index (χ1n) is 6.02. The van der Waals surface area contributed by atoms with Gasteiger partial charge in [-0.1, -0.05) is 32.1 Å². The quantitative estimate of drug-likeness (QED) is 0.763. The molecule has 5 heteroatoms. The Balaban J connectivity index is 2.48. The van der Waals surface area contributed by atoms with Crippen LogP contribution in [0.15, 0.2) is 36.5 Å². The summed E-state index contributed by atoms with van der Waals surface area (Å²) in [7, 11) is 0. The summed E-state index contributed by atoms with van der Waals surface area (Å²) >= 11 is 0. The molecule has 1 aromatic rings. The Morgan fingerprint density at radius 1 is 1.26 bits per heavy atom. The predicted molar refractivity (Wildman–Crippen MR) is 73.9 cm³/mol. The summed E-state index contributed by atoms with van der Waals surface area (Å²) in [4.78, 5) is 22.0. The smallest absolute Gasteiger partial charge is 0.323 e. The van der Waals surface area contributed by atoms with Crippen molar-refractivity contribution in [2.24, 2.45) is 5.92 Å². The number of anilines is 1. The minimum Gasteiger partial charge on any atom is -0.481 e. The van der Waals surface area contributed by atoms with Crippen LogP contribution in [0.2, 0.25) is 0 Å². The maximum atomic E-state index is 11.5. The normalized spacial score (nSPS) is 10.7. The molecule has 0 unspecified atom stereocenters. The minimum absolute atomic E-state index is 0.0242. The van der Waals surface area contributed by atoms with E-state index in [1.165, 1.54) is 0 Å². The molecule has 0 atom stereocenters. The van der Waals surface area contributed by atoms with Gasteiger partial charge in [-0.15, -0.1) is 0 Å². The molecule has 0 aliphatic heterocycles. The number of carboxylic acid groups (broad SMARTS) is 1. The van der Waals surface area contributed by atoms with Gasteiger partial charge in [-0.3, -0.25) is 4.79 Å². The number of carboxylic acids is 1. The van der Waals surface area contributed by atoms with Gasteiger partial charge >= 0.3 is 12.0 Å². The second kappa shape index (κ2) is 7.20. The van der Waals surface area contributed by atoms with Gasteiger partial charge in [-0.25, -0.2) is 4.79 Å². The number of amides is 2. The van der Waals surface area contributed by atoms with Gasteiger partial charge in [-0.05, 0) is 23.6 Å². The van der Waals surface area contributed by atoms with E-state index >= 15 is 0 Å². The number of hydrogen-bond acceptors (Lipinski definition) is 2. The third-order valence-electron chi connectivity index (χ3n) is 2.26. The SMILES string of the molecule is CC(C)/C=C/NC(=O)Nc1ccc(CC(=O)O)cc1. The molecular weight excluding hydrogens is 244 g/mol. The van der Waals surface area contributed by atoms with E-state index in [1.807, 2.05) is 19.9 Å². The Hall–Kier alpha value is -2.30. The highest BCUT2D eigenvalue weighted by molar-refractivity contribution is 5.89. The average Bonchev–Trinajstić information content (AvgIpc) is 2.30. The van der Waals surface area contributed by atoms with Crippen LogP contribution in [0, 0.1) is 5.92 Å². The van der Waals surface area contributed by atoms with Crippen LogP contribution in [-0.4, -0.2) is 17.1 Å². The van der Waals surface area contributed by atoms with Crippen molar-refractivity contribution in [1.82, 2.24) is 5.32 Å². The van der Waals surface area contributed by atoms with Gasteiger partial charge in [0.1, 0.15) is 0 Å². The standard InChI is InChI=1S/C14H18N2O3/c1-10(2)7-8-15-14(19)16-12-5-3-11(4-6-12)9-13(17)18/h3-8,10H,9H2,1-2H3,(H,17,18)(H2,15,16,19)/b8-7+. The lowest BCUT2D eigenvalue weighted by Gasteiger charge is -2.05. The molecule has 0 bridgehead atoms. The molecule has 0 aliphatic carbocycles. The second-order valence-electron chi connectivity index (χ2n) is 4.47. The lowest BCUT2D eigenvalue weighted by Crippen LogP contribution is -2.23. The molecule has 19 heavy (non-hydrogen) atoms. The van der Waals surface area contributed by atoms with Crippen LogP contribution in [0.25, 0.3) is 0 Å². The molecule has 5 nitrogen and oxygen atoms in total. The van der Waals surface area contributed by atoms with Crippen molar-refractivity contribution < 1.29 is 14.7 Å². The fraction of sp³-hybridized carbons (Fsp3) is 0.286. The molecule has 1 aromatic carbocycles. The summed E-state index contributed by atoms with van der Waals surface area (Å²) in [6.07, 6.45) is 3.44.